The molecule has 1 saturated heterocycles. The Kier molecular flexibility index (Phi) is 7.42. The van der Waals surface area contributed by atoms with E-state index < -0.39 is 18.2 Å². The number of likely N-dealkylation sites (tertiary alicyclic amines) is 1. The lowest BCUT2D eigenvalue weighted by atomic mass is 9.94. The number of nitrogens with zero attached hydrogens (tertiary/aromatic N) is 3. The van der Waals surface area contributed by atoms with Crippen molar-refractivity contribution in [2.45, 2.75) is 70.3 Å². The largest absolute Gasteiger partial charge is 0.391 e. The Labute approximate surface area is 238 Å². The van der Waals surface area contributed by atoms with E-state index in [1.54, 1.807) is 16.2 Å². The third kappa shape index (κ3) is 5.04. The van der Waals surface area contributed by atoms with Gasteiger partial charge < -0.3 is 20.2 Å². The average molecular weight is 559 g/mol. The van der Waals surface area contributed by atoms with Gasteiger partial charge in [-0.3, -0.25) is 14.4 Å². The molecule has 3 aromatic rings. The molecule has 40 heavy (non-hydrogen) atoms. The summed E-state index contributed by atoms with van der Waals surface area (Å²) in [5, 5.41) is 13.5. The smallest absolute Gasteiger partial charge is 0.255 e. The number of aliphatic hydroxyl groups excluding tert-OH is 1. The lowest BCUT2D eigenvalue weighted by Crippen LogP contribution is -2.55. The lowest BCUT2D eigenvalue weighted by molar-refractivity contribution is -0.143. The maximum atomic E-state index is 14.2. The molecule has 3 heterocycles. The van der Waals surface area contributed by atoms with Crippen molar-refractivity contribution in [1.29, 1.82) is 0 Å². The number of benzene rings is 2. The molecule has 9 heteroatoms. The summed E-state index contributed by atoms with van der Waals surface area (Å²) in [5.41, 5.74) is 6.42. The van der Waals surface area contributed by atoms with E-state index in [0.29, 0.717) is 18.7 Å². The molecule has 6 rings (SSSR count). The van der Waals surface area contributed by atoms with E-state index in [2.05, 4.69) is 10.3 Å². The summed E-state index contributed by atoms with van der Waals surface area (Å²) in [6.45, 7) is 2.80. The summed E-state index contributed by atoms with van der Waals surface area (Å²) in [5.74, 6) is -0.589. The number of amides is 3. The maximum absolute atomic E-state index is 14.2. The fraction of sp³-hybridized carbons (Fsp3) is 0.419. The molecular weight excluding hydrogens is 524 g/mol. The Morgan fingerprint density at radius 1 is 1.12 bits per heavy atom. The van der Waals surface area contributed by atoms with Crippen LogP contribution in [0.25, 0.3) is 10.4 Å². The van der Waals surface area contributed by atoms with Crippen LogP contribution in [0.1, 0.15) is 59.3 Å². The molecule has 2 aliphatic heterocycles. The van der Waals surface area contributed by atoms with Crippen LogP contribution in [-0.2, 0) is 22.7 Å². The standard InChI is InChI=1S/C31H34N4O4S/c1-19-28(40-18-33-19)22-12-10-20(11-13-22)15-32-29(37)26-14-24(36)17-34(26)31(39)27(21-6-2-3-7-21)35-16-23-8-4-5-9-25(23)30(35)38/h4-5,8-13,18,21,24,26-27,36H,2-3,6-7,14-17H2,1H3,(H,32,37)/t24-,26+,27?/m1/s1. The van der Waals surface area contributed by atoms with Crippen LogP contribution in [0, 0.1) is 12.8 Å². The van der Waals surface area contributed by atoms with Crippen molar-refractivity contribution in [2.24, 2.45) is 5.92 Å². The van der Waals surface area contributed by atoms with Gasteiger partial charge in [0.2, 0.25) is 11.8 Å². The van der Waals surface area contributed by atoms with Crippen LogP contribution in [0.3, 0.4) is 0 Å². The second-order valence-electron chi connectivity index (χ2n) is 11.2. The first-order valence-corrected chi connectivity index (χ1v) is 14.9. The molecule has 3 amide bonds. The number of β-amino-alcohol motifs (C(OH)–C–C–N with tert-alkyl or cyclic N) is 1. The number of hydrogen-bond donors (Lipinski definition) is 2. The third-order valence-electron chi connectivity index (χ3n) is 8.58. The van der Waals surface area contributed by atoms with Crippen LogP contribution in [-0.4, -0.2) is 62.3 Å². The highest BCUT2D eigenvalue weighted by Gasteiger charge is 2.47. The number of carbonyl (C=O) groups excluding carboxylic acids is 3. The number of thiazole rings is 1. The highest BCUT2D eigenvalue weighted by molar-refractivity contribution is 7.13. The summed E-state index contributed by atoms with van der Waals surface area (Å²) >= 11 is 1.60. The Morgan fingerprint density at radius 3 is 2.58 bits per heavy atom. The molecule has 2 N–H and O–H groups in total. The van der Waals surface area contributed by atoms with Crippen LogP contribution in [0.2, 0.25) is 0 Å². The van der Waals surface area contributed by atoms with Gasteiger partial charge in [0, 0.05) is 31.6 Å². The van der Waals surface area contributed by atoms with Gasteiger partial charge >= 0.3 is 0 Å². The first-order valence-electron chi connectivity index (χ1n) is 14.0. The highest BCUT2D eigenvalue weighted by Crippen LogP contribution is 2.36. The van der Waals surface area contributed by atoms with Gasteiger partial charge in [-0.1, -0.05) is 55.3 Å². The minimum Gasteiger partial charge on any atom is -0.391 e. The Bertz CT molecular complexity index is 1410. The van der Waals surface area contributed by atoms with Crippen molar-refractivity contribution in [3.8, 4) is 10.4 Å². The molecule has 3 atom stereocenters. The SMILES string of the molecule is Cc1ncsc1-c1ccc(CNC(=O)[C@@H]2C[C@@H](O)CN2C(=O)C(C2CCCC2)N2Cc3ccccc3C2=O)cc1. The van der Waals surface area contributed by atoms with Gasteiger partial charge in [0.15, 0.2) is 0 Å². The Morgan fingerprint density at radius 2 is 1.88 bits per heavy atom. The van der Waals surface area contributed by atoms with Crippen molar-refractivity contribution < 1.29 is 19.5 Å². The van der Waals surface area contributed by atoms with Gasteiger partial charge in [-0.25, -0.2) is 4.98 Å². The predicted molar refractivity (Wildman–Crippen MR) is 152 cm³/mol. The van der Waals surface area contributed by atoms with E-state index in [9.17, 15) is 19.5 Å². The van der Waals surface area contributed by atoms with Gasteiger partial charge in [-0.15, -0.1) is 11.3 Å². The average Bonchev–Trinajstić information content (AvgIpc) is 3.77. The van der Waals surface area contributed by atoms with Crippen LogP contribution < -0.4 is 5.32 Å². The molecule has 8 nitrogen and oxygen atoms in total. The zero-order valence-electron chi connectivity index (χ0n) is 22.6. The van der Waals surface area contributed by atoms with E-state index in [4.69, 9.17) is 0 Å². The Balaban J connectivity index is 1.17. The number of carbonyl (C=O) groups is 3. The predicted octanol–water partition coefficient (Wildman–Crippen LogP) is 3.91. The van der Waals surface area contributed by atoms with Gasteiger partial charge in [0.25, 0.3) is 5.91 Å². The summed E-state index contributed by atoms with van der Waals surface area (Å²) in [6, 6.07) is 14.1. The van der Waals surface area contributed by atoms with Gasteiger partial charge in [-0.05, 0) is 48.4 Å². The minimum atomic E-state index is -0.780. The van der Waals surface area contributed by atoms with Crippen molar-refractivity contribution in [3.05, 3.63) is 76.4 Å². The van der Waals surface area contributed by atoms with Gasteiger partial charge in [0.1, 0.15) is 12.1 Å². The molecule has 1 unspecified atom stereocenters. The van der Waals surface area contributed by atoms with Crippen molar-refractivity contribution in [3.63, 3.8) is 0 Å². The first-order chi connectivity index (χ1) is 19.4. The summed E-state index contributed by atoms with van der Waals surface area (Å²) in [4.78, 5) is 49.6. The molecule has 0 bridgehead atoms. The van der Waals surface area contributed by atoms with E-state index in [0.717, 1.165) is 52.9 Å². The van der Waals surface area contributed by atoms with Crippen molar-refractivity contribution in [1.82, 2.24) is 20.1 Å². The molecular formula is C31H34N4O4S. The fourth-order valence-electron chi connectivity index (χ4n) is 6.50. The minimum absolute atomic E-state index is 0.0490. The number of aryl methyl sites for hydroxylation is 1. The first kappa shape index (κ1) is 26.7. The molecule has 1 saturated carbocycles. The van der Waals surface area contributed by atoms with E-state index in [1.165, 1.54) is 4.90 Å². The molecule has 2 aromatic carbocycles. The number of aliphatic hydroxyl groups is 1. The fourth-order valence-corrected chi connectivity index (χ4v) is 7.31. The molecule has 3 aliphatic rings. The number of nitrogens with one attached hydrogen (secondary N) is 1. The molecule has 0 radical (unpaired) electrons. The van der Waals surface area contributed by atoms with Crippen molar-refractivity contribution in [2.75, 3.05) is 6.54 Å². The molecule has 1 aliphatic carbocycles. The number of fused-ring (bicyclic) bond motifs is 1. The summed E-state index contributed by atoms with van der Waals surface area (Å²) < 4.78 is 0. The molecule has 208 valence electrons. The normalized spacial score (nSPS) is 21.6. The molecule has 1 aromatic heterocycles. The Hall–Kier alpha value is -3.56. The van der Waals surface area contributed by atoms with Crippen LogP contribution in [0.5, 0.6) is 0 Å². The number of hydrogen-bond acceptors (Lipinski definition) is 6. The second kappa shape index (κ2) is 11.1. The van der Waals surface area contributed by atoms with E-state index in [-0.39, 0.29) is 36.6 Å². The summed E-state index contributed by atoms with van der Waals surface area (Å²) in [7, 11) is 0. The van der Waals surface area contributed by atoms with Crippen LogP contribution >= 0.6 is 11.3 Å². The molecule has 2 fully saturated rings. The van der Waals surface area contributed by atoms with Crippen LogP contribution in [0.4, 0.5) is 0 Å². The topological polar surface area (TPSA) is 103 Å². The van der Waals surface area contributed by atoms with E-state index in [1.807, 2.05) is 61.0 Å². The quantitative estimate of drug-likeness (QED) is 0.458. The lowest BCUT2D eigenvalue weighted by Gasteiger charge is -2.36. The second-order valence-corrected chi connectivity index (χ2v) is 12.0. The van der Waals surface area contributed by atoms with Crippen molar-refractivity contribution >= 4 is 29.1 Å². The maximum Gasteiger partial charge on any atom is 0.255 e. The third-order valence-corrected chi connectivity index (χ3v) is 9.56. The monoisotopic (exact) mass is 558 g/mol. The van der Waals surface area contributed by atoms with E-state index >= 15 is 0 Å². The van der Waals surface area contributed by atoms with Crippen LogP contribution in [0.15, 0.2) is 54.0 Å². The zero-order valence-corrected chi connectivity index (χ0v) is 23.4. The number of rotatable bonds is 7. The zero-order chi connectivity index (χ0) is 27.8. The van der Waals surface area contributed by atoms with Gasteiger partial charge in [0.05, 0.1) is 22.2 Å². The van der Waals surface area contributed by atoms with Gasteiger partial charge in [-0.2, -0.15) is 0 Å². The molecule has 0 spiro atoms. The summed E-state index contributed by atoms with van der Waals surface area (Å²) in [6.07, 6.45) is 3.21. The highest BCUT2D eigenvalue weighted by atomic mass is 32.1. The number of aromatic nitrogens is 1.